The van der Waals surface area contributed by atoms with Crippen molar-refractivity contribution in [1.82, 2.24) is 4.90 Å². The quantitative estimate of drug-likeness (QED) is 0.646. The molecule has 7 nitrogen and oxygen atoms in total. The summed E-state index contributed by atoms with van der Waals surface area (Å²) in [4.78, 5) is 29.2. The summed E-state index contributed by atoms with van der Waals surface area (Å²) in [7, 11) is 0. The van der Waals surface area contributed by atoms with Gasteiger partial charge in [-0.15, -0.1) is 0 Å². The number of rotatable bonds is 5. The van der Waals surface area contributed by atoms with Gasteiger partial charge < -0.3 is 19.7 Å². The van der Waals surface area contributed by atoms with Gasteiger partial charge in [-0.2, -0.15) is 0 Å². The van der Waals surface area contributed by atoms with Crippen molar-refractivity contribution in [3.8, 4) is 0 Å². The van der Waals surface area contributed by atoms with E-state index in [2.05, 4.69) is 15.1 Å². The average Bonchev–Trinajstić information content (AvgIpc) is 2.74. The van der Waals surface area contributed by atoms with E-state index in [4.69, 9.17) is 9.52 Å². The first-order valence-electron chi connectivity index (χ1n) is 9.66. The summed E-state index contributed by atoms with van der Waals surface area (Å²) in [5, 5.41) is 12.5. The van der Waals surface area contributed by atoms with Crippen molar-refractivity contribution in [2.24, 2.45) is 0 Å². The van der Waals surface area contributed by atoms with Gasteiger partial charge in [0.05, 0.1) is 6.61 Å². The number of benzene rings is 2. The molecule has 3 aromatic rings. The van der Waals surface area contributed by atoms with Crippen LogP contribution in [0.25, 0.3) is 11.0 Å². The number of amides is 1. The molecular weight excluding hydrogens is 370 g/mol. The van der Waals surface area contributed by atoms with Crippen LogP contribution < -0.4 is 15.8 Å². The van der Waals surface area contributed by atoms with Gasteiger partial charge in [-0.1, -0.05) is 18.2 Å². The van der Waals surface area contributed by atoms with E-state index < -0.39 is 11.5 Å². The van der Waals surface area contributed by atoms with E-state index in [9.17, 15) is 9.59 Å². The van der Waals surface area contributed by atoms with Gasteiger partial charge in [0, 0.05) is 49.5 Å². The first kappa shape index (κ1) is 19.2. The van der Waals surface area contributed by atoms with Crippen molar-refractivity contribution in [1.29, 1.82) is 0 Å². The normalized spacial score (nSPS) is 14.9. The molecule has 1 aromatic heterocycles. The van der Waals surface area contributed by atoms with Gasteiger partial charge in [-0.25, -0.2) is 4.79 Å². The van der Waals surface area contributed by atoms with Crippen LogP contribution in [-0.2, 0) is 0 Å². The fourth-order valence-electron chi connectivity index (χ4n) is 3.55. The molecule has 29 heavy (non-hydrogen) atoms. The lowest BCUT2D eigenvalue weighted by Gasteiger charge is -2.35. The van der Waals surface area contributed by atoms with Gasteiger partial charge in [0.1, 0.15) is 11.1 Å². The topological polar surface area (TPSA) is 86.0 Å². The highest BCUT2D eigenvalue weighted by Gasteiger charge is 2.17. The zero-order chi connectivity index (χ0) is 20.2. The van der Waals surface area contributed by atoms with Crippen LogP contribution in [0.5, 0.6) is 0 Å². The lowest BCUT2D eigenvalue weighted by atomic mass is 10.1. The smallest absolute Gasteiger partial charge is 0.349 e. The Morgan fingerprint density at radius 3 is 2.48 bits per heavy atom. The summed E-state index contributed by atoms with van der Waals surface area (Å²) in [6.07, 6.45) is 0. The van der Waals surface area contributed by atoms with E-state index in [-0.39, 0.29) is 12.2 Å². The zero-order valence-corrected chi connectivity index (χ0v) is 16.0. The number of para-hydroxylation sites is 1. The largest absolute Gasteiger partial charge is 0.422 e. The lowest BCUT2D eigenvalue weighted by Crippen LogP contribution is -2.47. The molecule has 0 saturated carbocycles. The molecular formula is C22H23N3O4. The maximum Gasteiger partial charge on any atom is 0.349 e. The van der Waals surface area contributed by atoms with E-state index in [0.29, 0.717) is 23.2 Å². The number of hydrogen-bond donors (Lipinski definition) is 2. The van der Waals surface area contributed by atoms with Gasteiger partial charge in [-0.3, -0.25) is 9.69 Å². The summed E-state index contributed by atoms with van der Waals surface area (Å²) >= 11 is 0. The van der Waals surface area contributed by atoms with Gasteiger partial charge in [0.2, 0.25) is 0 Å². The minimum absolute atomic E-state index is 0.0206. The highest BCUT2D eigenvalue weighted by atomic mass is 16.4. The Morgan fingerprint density at radius 1 is 1.03 bits per heavy atom. The molecule has 1 aliphatic rings. The monoisotopic (exact) mass is 393 g/mol. The number of anilines is 2. The number of nitrogens with zero attached hydrogens (tertiary/aromatic N) is 2. The predicted octanol–water partition coefficient (Wildman–Crippen LogP) is 2.16. The van der Waals surface area contributed by atoms with Crippen LogP contribution in [0, 0.1) is 0 Å². The number of fused-ring (bicyclic) bond motifs is 1. The highest BCUT2D eigenvalue weighted by molar-refractivity contribution is 6.05. The zero-order valence-electron chi connectivity index (χ0n) is 16.0. The molecule has 7 heteroatoms. The van der Waals surface area contributed by atoms with Crippen molar-refractivity contribution in [3.05, 3.63) is 70.6 Å². The molecule has 0 spiro atoms. The maximum atomic E-state index is 12.6. The third-order valence-electron chi connectivity index (χ3n) is 5.16. The van der Waals surface area contributed by atoms with Crippen LogP contribution in [0.15, 0.2) is 63.8 Å². The Hall–Kier alpha value is -3.16. The molecule has 1 aliphatic heterocycles. The molecule has 2 aromatic carbocycles. The van der Waals surface area contributed by atoms with Gasteiger partial charge >= 0.3 is 5.63 Å². The number of hydrogen-bond acceptors (Lipinski definition) is 6. The average molecular weight is 393 g/mol. The summed E-state index contributed by atoms with van der Waals surface area (Å²) in [6.45, 7) is 4.51. The summed E-state index contributed by atoms with van der Waals surface area (Å²) in [6, 6.07) is 16.2. The van der Waals surface area contributed by atoms with Crippen LogP contribution in [0.3, 0.4) is 0 Å². The number of piperazine rings is 1. The third-order valence-corrected chi connectivity index (χ3v) is 5.16. The Kier molecular flexibility index (Phi) is 5.59. The first-order chi connectivity index (χ1) is 14.1. The molecule has 0 atom stereocenters. The summed E-state index contributed by atoms with van der Waals surface area (Å²) < 4.78 is 5.23. The second-order valence-electron chi connectivity index (χ2n) is 7.04. The molecule has 1 saturated heterocycles. The van der Waals surface area contributed by atoms with Crippen LogP contribution in [-0.4, -0.2) is 55.2 Å². The number of nitrogens with one attached hydrogen (secondary N) is 1. The maximum absolute atomic E-state index is 12.6. The second kappa shape index (κ2) is 8.46. The molecule has 4 rings (SSSR count). The van der Waals surface area contributed by atoms with Gasteiger partial charge in [0.25, 0.3) is 5.91 Å². The molecule has 1 fully saturated rings. The highest BCUT2D eigenvalue weighted by Crippen LogP contribution is 2.20. The predicted molar refractivity (Wildman–Crippen MR) is 113 cm³/mol. The van der Waals surface area contributed by atoms with Crippen molar-refractivity contribution in [3.63, 3.8) is 0 Å². The van der Waals surface area contributed by atoms with Crippen LogP contribution >= 0.6 is 0 Å². The molecule has 0 bridgehead atoms. The number of β-amino-alcohol motifs (C(OH)–C–C–N with tert-alkyl or cyclic N) is 1. The molecule has 2 heterocycles. The summed E-state index contributed by atoms with van der Waals surface area (Å²) in [5.74, 6) is -0.491. The molecule has 0 radical (unpaired) electrons. The van der Waals surface area contributed by atoms with Crippen molar-refractivity contribution >= 4 is 28.3 Å². The minimum atomic E-state index is -0.654. The first-order valence-corrected chi connectivity index (χ1v) is 9.66. The second-order valence-corrected chi connectivity index (χ2v) is 7.04. The van der Waals surface area contributed by atoms with Crippen LogP contribution in [0.4, 0.5) is 11.4 Å². The van der Waals surface area contributed by atoms with Crippen molar-refractivity contribution in [2.75, 3.05) is 49.5 Å². The van der Waals surface area contributed by atoms with E-state index in [1.807, 2.05) is 30.3 Å². The summed E-state index contributed by atoms with van der Waals surface area (Å²) in [5.41, 5.74) is 1.48. The van der Waals surface area contributed by atoms with Crippen molar-refractivity contribution < 1.29 is 14.3 Å². The van der Waals surface area contributed by atoms with E-state index in [1.165, 1.54) is 0 Å². The minimum Gasteiger partial charge on any atom is -0.422 e. The SMILES string of the molecule is O=C(Nc1ccc(N2CCN(CCO)CC2)cc1)c1cc2ccccc2oc1=O. The van der Waals surface area contributed by atoms with E-state index in [0.717, 1.165) is 31.9 Å². The van der Waals surface area contributed by atoms with Gasteiger partial charge in [0.15, 0.2) is 0 Å². The number of carbonyl (C=O) groups excluding carboxylic acids is 1. The molecule has 1 amide bonds. The fraction of sp³-hybridized carbons (Fsp3) is 0.273. The van der Waals surface area contributed by atoms with Crippen molar-refractivity contribution in [2.45, 2.75) is 0 Å². The number of carbonyl (C=O) groups is 1. The van der Waals surface area contributed by atoms with Crippen LogP contribution in [0.1, 0.15) is 10.4 Å². The Bertz CT molecular complexity index is 1050. The van der Waals surface area contributed by atoms with Gasteiger partial charge in [-0.05, 0) is 36.4 Å². The Morgan fingerprint density at radius 2 is 1.76 bits per heavy atom. The van der Waals surface area contributed by atoms with E-state index in [1.54, 1.807) is 24.3 Å². The lowest BCUT2D eigenvalue weighted by molar-refractivity contribution is 0.102. The number of aliphatic hydroxyl groups is 1. The molecule has 2 N–H and O–H groups in total. The Labute approximate surface area is 168 Å². The third kappa shape index (κ3) is 4.31. The molecule has 0 aliphatic carbocycles. The Balaban J connectivity index is 1.43. The van der Waals surface area contributed by atoms with E-state index >= 15 is 0 Å². The molecule has 150 valence electrons. The van der Waals surface area contributed by atoms with Crippen LogP contribution in [0.2, 0.25) is 0 Å². The standard InChI is InChI=1S/C22H23N3O4/c26-14-13-24-9-11-25(12-10-24)18-7-5-17(6-8-18)23-21(27)19-15-16-3-1-2-4-20(16)29-22(19)28/h1-8,15,26H,9-14H2,(H,23,27). The fourth-order valence-corrected chi connectivity index (χ4v) is 3.55. The molecule has 0 unspecified atom stereocenters. The number of aliphatic hydroxyl groups excluding tert-OH is 1.